The van der Waals surface area contributed by atoms with Crippen molar-refractivity contribution in [1.29, 1.82) is 0 Å². The first-order valence-electron chi connectivity index (χ1n) is 7.06. The second-order valence-corrected chi connectivity index (χ2v) is 5.45. The number of benzene rings is 1. The highest BCUT2D eigenvalue weighted by Gasteiger charge is 2.42. The molecule has 0 saturated carbocycles. The fourth-order valence-electron chi connectivity index (χ4n) is 2.66. The molecule has 116 valence electrons. The van der Waals surface area contributed by atoms with Crippen molar-refractivity contribution in [2.75, 3.05) is 18.8 Å². The van der Waals surface area contributed by atoms with Crippen LogP contribution in [0.15, 0.2) is 18.2 Å². The molecule has 1 aliphatic heterocycles. The number of amides is 1. The molecular weight excluding hydrogens is 281 g/mol. The van der Waals surface area contributed by atoms with Gasteiger partial charge < -0.3 is 10.6 Å². The normalized spacial score (nSPS) is 19.6. The van der Waals surface area contributed by atoms with Gasteiger partial charge in [0.2, 0.25) is 0 Å². The number of anilines is 1. The number of nitrogens with two attached hydrogens (primary N) is 1. The molecule has 1 heterocycles. The first kappa shape index (κ1) is 15.7. The predicted octanol–water partition coefficient (Wildman–Crippen LogP) is 3.25. The molecule has 0 bridgehead atoms. The molecule has 1 unspecified atom stereocenters. The van der Waals surface area contributed by atoms with Crippen LogP contribution in [0.25, 0.3) is 0 Å². The van der Waals surface area contributed by atoms with E-state index >= 15 is 0 Å². The summed E-state index contributed by atoms with van der Waals surface area (Å²) in [5.41, 5.74) is 7.48. The van der Waals surface area contributed by atoms with Gasteiger partial charge in [0.25, 0.3) is 5.91 Å². The predicted molar refractivity (Wildman–Crippen MR) is 74.9 cm³/mol. The number of piperidine rings is 1. The van der Waals surface area contributed by atoms with Gasteiger partial charge in [0.1, 0.15) is 0 Å². The Labute approximate surface area is 121 Å². The number of aryl methyl sites for hydroxylation is 1. The minimum absolute atomic E-state index is 0.0877. The number of rotatable bonds is 2. The van der Waals surface area contributed by atoms with E-state index in [0.717, 1.165) is 12.0 Å². The van der Waals surface area contributed by atoms with Gasteiger partial charge in [0, 0.05) is 24.3 Å². The van der Waals surface area contributed by atoms with E-state index in [1.807, 2.05) is 6.92 Å². The van der Waals surface area contributed by atoms with Gasteiger partial charge in [-0.3, -0.25) is 4.79 Å². The van der Waals surface area contributed by atoms with Gasteiger partial charge in [-0.1, -0.05) is 6.92 Å². The van der Waals surface area contributed by atoms with Crippen LogP contribution in [0.3, 0.4) is 0 Å². The Kier molecular flexibility index (Phi) is 4.44. The molecule has 1 fully saturated rings. The maximum absolute atomic E-state index is 12.8. The van der Waals surface area contributed by atoms with Crippen LogP contribution >= 0.6 is 0 Å². The van der Waals surface area contributed by atoms with Crippen LogP contribution in [0.5, 0.6) is 0 Å². The summed E-state index contributed by atoms with van der Waals surface area (Å²) in [7, 11) is 0. The summed E-state index contributed by atoms with van der Waals surface area (Å²) in [4.78, 5) is 13.7. The van der Waals surface area contributed by atoms with Crippen LogP contribution < -0.4 is 5.73 Å². The largest absolute Gasteiger partial charge is 0.399 e. The van der Waals surface area contributed by atoms with Gasteiger partial charge >= 0.3 is 6.18 Å². The second-order valence-electron chi connectivity index (χ2n) is 5.45. The van der Waals surface area contributed by atoms with E-state index in [4.69, 9.17) is 5.73 Å². The molecule has 0 radical (unpaired) electrons. The molecule has 6 heteroatoms. The number of hydrogen-bond acceptors (Lipinski definition) is 2. The maximum Gasteiger partial charge on any atom is 0.393 e. The molecule has 21 heavy (non-hydrogen) atoms. The first-order chi connectivity index (χ1) is 9.81. The van der Waals surface area contributed by atoms with Crippen molar-refractivity contribution >= 4 is 11.6 Å². The lowest BCUT2D eigenvalue weighted by Crippen LogP contribution is -2.44. The van der Waals surface area contributed by atoms with Crippen molar-refractivity contribution in [3.05, 3.63) is 29.3 Å². The molecule has 1 amide bonds. The van der Waals surface area contributed by atoms with Crippen molar-refractivity contribution in [2.24, 2.45) is 5.92 Å². The monoisotopic (exact) mass is 300 g/mol. The van der Waals surface area contributed by atoms with Crippen LogP contribution in [0.1, 0.15) is 35.7 Å². The van der Waals surface area contributed by atoms with E-state index in [1.165, 1.54) is 11.0 Å². The van der Waals surface area contributed by atoms with Crippen molar-refractivity contribution < 1.29 is 18.0 Å². The number of likely N-dealkylation sites (tertiary alicyclic amines) is 1. The Bertz CT molecular complexity index is 528. The highest BCUT2D eigenvalue weighted by Crippen LogP contribution is 2.33. The molecule has 1 atom stereocenters. The van der Waals surface area contributed by atoms with E-state index in [2.05, 4.69) is 0 Å². The van der Waals surface area contributed by atoms with Crippen molar-refractivity contribution in [3.63, 3.8) is 0 Å². The minimum atomic E-state index is -4.25. The van der Waals surface area contributed by atoms with E-state index in [-0.39, 0.29) is 18.9 Å². The molecular formula is C15H19F3N2O. The van der Waals surface area contributed by atoms with Crippen LogP contribution in [0.2, 0.25) is 0 Å². The fourth-order valence-corrected chi connectivity index (χ4v) is 2.66. The van der Waals surface area contributed by atoms with Gasteiger partial charge in [0.15, 0.2) is 0 Å². The highest BCUT2D eigenvalue weighted by molar-refractivity contribution is 5.95. The molecule has 1 aromatic carbocycles. The standard InChI is InChI=1S/C15H19F3N2O/c1-2-10-6-11(8-13(19)7-10)14(21)20-5-3-4-12(9-20)15(16,17)18/h6-8,12H,2-5,9,19H2,1H3. The molecule has 1 aromatic rings. The maximum atomic E-state index is 12.8. The molecule has 0 aromatic heterocycles. The van der Waals surface area contributed by atoms with Crippen LogP contribution in [0, 0.1) is 5.92 Å². The lowest BCUT2D eigenvalue weighted by atomic mass is 9.96. The second kappa shape index (κ2) is 5.95. The van der Waals surface area contributed by atoms with Crippen molar-refractivity contribution in [2.45, 2.75) is 32.4 Å². The third-order valence-corrected chi connectivity index (χ3v) is 3.84. The van der Waals surface area contributed by atoms with E-state index in [0.29, 0.717) is 24.2 Å². The summed E-state index contributed by atoms with van der Waals surface area (Å²) < 4.78 is 38.4. The van der Waals surface area contributed by atoms with Gasteiger partial charge in [-0.2, -0.15) is 13.2 Å². The van der Waals surface area contributed by atoms with Gasteiger partial charge in [-0.15, -0.1) is 0 Å². The Balaban J connectivity index is 2.18. The quantitative estimate of drug-likeness (QED) is 0.852. The van der Waals surface area contributed by atoms with E-state index < -0.39 is 12.1 Å². The van der Waals surface area contributed by atoms with Gasteiger partial charge in [-0.05, 0) is 43.0 Å². The summed E-state index contributed by atoms with van der Waals surface area (Å²) in [6.45, 7) is 2.03. The summed E-state index contributed by atoms with van der Waals surface area (Å²) >= 11 is 0. The number of alkyl halides is 3. The molecule has 1 saturated heterocycles. The molecule has 2 N–H and O–H groups in total. The zero-order valence-electron chi connectivity index (χ0n) is 11.9. The third kappa shape index (κ3) is 3.68. The van der Waals surface area contributed by atoms with Crippen LogP contribution in [-0.2, 0) is 6.42 Å². The Morgan fingerprint density at radius 3 is 2.71 bits per heavy atom. The number of carbonyl (C=O) groups excluding carboxylic acids is 1. The topological polar surface area (TPSA) is 46.3 Å². The average molecular weight is 300 g/mol. The zero-order valence-corrected chi connectivity index (χ0v) is 11.9. The van der Waals surface area contributed by atoms with Crippen LogP contribution in [-0.4, -0.2) is 30.1 Å². The number of nitrogens with zero attached hydrogens (tertiary/aromatic N) is 1. The smallest absolute Gasteiger partial charge is 0.393 e. The van der Waals surface area contributed by atoms with Crippen molar-refractivity contribution in [1.82, 2.24) is 4.90 Å². The molecule has 0 aliphatic carbocycles. The SMILES string of the molecule is CCc1cc(N)cc(C(=O)N2CCCC(C(F)(F)F)C2)c1. The minimum Gasteiger partial charge on any atom is -0.399 e. The number of nitrogen functional groups attached to an aromatic ring is 1. The number of carbonyl (C=O) groups is 1. The molecule has 0 spiro atoms. The summed E-state index contributed by atoms with van der Waals surface area (Å²) in [6.07, 6.45) is -3.07. The van der Waals surface area contributed by atoms with E-state index in [9.17, 15) is 18.0 Å². The van der Waals surface area contributed by atoms with E-state index in [1.54, 1.807) is 12.1 Å². The number of hydrogen-bond donors (Lipinski definition) is 1. The summed E-state index contributed by atoms with van der Waals surface area (Å²) in [5, 5.41) is 0. The molecule has 2 rings (SSSR count). The third-order valence-electron chi connectivity index (χ3n) is 3.84. The summed E-state index contributed by atoms with van der Waals surface area (Å²) in [6, 6.07) is 5.00. The Morgan fingerprint density at radius 2 is 2.10 bits per heavy atom. The molecule has 1 aliphatic rings. The van der Waals surface area contributed by atoms with Gasteiger partial charge in [0.05, 0.1) is 5.92 Å². The lowest BCUT2D eigenvalue weighted by Gasteiger charge is -2.33. The average Bonchev–Trinajstić information content (AvgIpc) is 2.45. The molecule has 3 nitrogen and oxygen atoms in total. The van der Waals surface area contributed by atoms with Gasteiger partial charge in [-0.25, -0.2) is 0 Å². The zero-order chi connectivity index (χ0) is 15.6. The van der Waals surface area contributed by atoms with Crippen LogP contribution in [0.4, 0.5) is 18.9 Å². The number of halogens is 3. The summed E-state index contributed by atoms with van der Waals surface area (Å²) in [5.74, 6) is -1.80. The highest BCUT2D eigenvalue weighted by atomic mass is 19.4. The Morgan fingerprint density at radius 1 is 1.38 bits per heavy atom. The van der Waals surface area contributed by atoms with Crippen molar-refractivity contribution in [3.8, 4) is 0 Å². The lowest BCUT2D eigenvalue weighted by molar-refractivity contribution is -0.184. The Hall–Kier alpha value is -1.72. The fraction of sp³-hybridized carbons (Fsp3) is 0.533. The first-order valence-corrected chi connectivity index (χ1v) is 7.06.